The third-order valence-electron chi connectivity index (χ3n) is 4.45. The van der Waals surface area contributed by atoms with Gasteiger partial charge in [-0.3, -0.25) is 9.59 Å². The van der Waals surface area contributed by atoms with E-state index in [4.69, 9.17) is 14.2 Å². The molecule has 0 aliphatic rings. The average molecular weight is 496 g/mol. The van der Waals surface area contributed by atoms with Crippen molar-refractivity contribution in [2.75, 3.05) is 33.6 Å². The van der Waals surface area contributed by atoms with Crippen LogP contribution in [0.25, 0.3) is 0 Å². The first-order valence-electron chi connectivity index (χ1n) is 9.25. The van der Waals surface area contributed by atoms with E-state index in [1.807, 2.05) is 38.1 Å². The Morgan fingerprint density at radius 3 is 2.40 bits per heavy atom. The van der Waals surface area contributed by atoms with Crippen molar-refractivity contribution >= 4 is 39.6 Å². The highest BCUT2D eigenvalue weighted by Crippen LogP contribution is 2.29. The zero-order valence-corrected chi connectivity index (χ0v) is 20.2. The van der Waals surface area contributed by atoms with Gasteiger partial charge in [0.2, 0.25) is 0 Å². The van der Waals surface area contributed by atoms with Gasteiger partial charge in [0.15, 0.2) is 18.1 Å². The van der Waals surface area contributed by atoms with E-state index < -0.39 is 5.97 Å². The number of benzene rings is 2. The lowest BCUT2D eigenvalue weighted by atomic mass is 10.2. The molecule has 0 aliphatic heterocycles. The number of hydrogen-bond acceptors (Lipinski definition) is 6. The van der Waals surface area contributed by atoms with Gasteiger partial charge in [-0.2, -0.15) is 0 Å². The molecule has 0 spiro atoms. The van der Waals surface area contributed by atoms with Crippen LogP contribution in [-0.2, 0) is 20.9 Å². The van der Waals surface area contributed by atoms with Crippen LogP contribution in [0.1, 0.15) is 16.7 Å². The number of amides is 1. The number of rotatable bonds is 9. The van der Waals surface area contributed by atoms with E-state index >= 15 is 0 Å². The number of hydrogen-bond donors (Lipinski definition) is 0. The zero-order valence-electron chi connectivity index (χ0n) is 17.8. The van der Waals surface area contributed by atoms with Crippen LogP contribution in [0.4, 0.5) is 0 Å². The fourth-order valence-electron chi connectivity index (χ4n) is 2.68. The SMILES string of the molecule is COc1ccc(CN(C)C(=O)COC(=O)CSc2cc(C)c(Br)cc2C)cc1OC. The van der Waals surface area contributed by atoms with Crippen molar-refractivity contribution in [3.63, 3.8) is 0 Å². The van der Waals surface area contributed by atoms with Gasteiger partial charge < -0.3 is 19.1 Å². The molecule has 2 aromatic rings. The molecule has 0 aliphatic carbocycles. The van der Waals surface area contributed by atoms with Crippen molar-refractivity contribution in [2.45, 2.75) is 25.3 Å². The summed E-state index contributed by atoms with van der Waals surface area (Å²) in [4.78, 5) is 26.9. The molecular weight excluding hydrogens is 470 g/mol. The Kier molecular flexibility index (Phi) is 9.05. The Labute approximate surface area is 190 Å². The van der Waals surface area contributed by atoms with Gasteiger partial charge in [-0.15, -0.1) is 11.8 Å². The Morgan fingerprint density at radius 2 is 1.73 bits per heavy atom. The monoisotopic (exact) mass is 495 g/mol. The number of nitrogens with zero attached hydrogens (tertiary/aromatic N) is 1. The Morgan fingerprint density at radius 1 is 1.03 bits per heavy atom. The highest BCUT2D eigenvalue weighted by molar-refractivity contribution is 9.10. The van der Waals surface area contributed by atoms with Gasteiger partial charge in [0.05, 0.1) is 20.0 Å². The first-order chi connectivity index (χ1) is 14.2. The lowest BCUT2D eigenvalue weighted by Gasteiger charge is -2.18. The van der Waals surface area contributed by atoms with E-state index in [9.17, 15) is 9.59 Å². The minimum absolute atomic E-state index is 0.147. The summed E-state index contributed by atoms with van der Waals surface area (Å²) < 4.78 is 16.7. The number of carbonyl (C=O) groups is 2. The highest BCUT2D eigenvalue weighted by Gasteiger charge is 2.15. The van der Waals surface area contributed by atoms with Crippen molar-refractivity contribution in [3.8, 4) is 11.5 Å². The molecule has 0 N–H and O–H groups in total. The summed E-state index contributed by atoms with van der Waals surface area (Å²) in [5.41, 5.74) is 3.06. The molecular formula is C22H26BrNO5S. The van der Waals surface area contributed by atoms with E-state index in [0.29, 0.717) is 18.0 Å². The van der Waals surface area contributed by atoms with Gasteiger partial charge in [0, 0.05) is 23.0 Å². The van der Waals surface area contributed by atoms with E-state index in [2.05, 4.69) is 15.9 Å². The third-order valence-corrected chi connectivity index (χ3v) is 6.44. The van der Waals surface area contributed by atoms with Crippen molar-refractivity contribution in [1.29, 1.82) is 0 Å². The number of aryl methyl sites for hydroxylation is 2. The molecule has 2 aromatic carbocycles. The molecule has 0 radical (unpaired) electrons. The summed E-state index contributed by atoms with van der Waals surface area (Å²) in [5.74, 6) is 0.663. The molecule has 0 bridgehead atoms. The number of methoxy groups -OCH3 is 2. The normalized spacial score (nSPS) is 10.5. The first-order valence-corrected chi connectivity index (χ1v) is 11.0. The molecule has 0 fully saturated rings. The molecule has 0 saturated heterocycles. The molecule has 2 rings (SSSR count). The predicted octanol–water partition coefficient (Wildman–Crippen LogP) is 4.38. The highest BCUT2D eigenvalue weighted by atomic mass is 79.9. The van der Waals surface area contributed by atoms with Gasteiger partial charge in [-0.1, -0.05) is 22.0 Å². The fourth-order valence-corrected chi connectivity index (χ4v) is 4.04. The van der Waals surface area contributed by atoms with Crippen LogP contribution in [0.15, 0.2) is 39.7 Å². The van der Waals surface area contributed by atoms with Crippen LogP contribution in [0, 0.1) is 13.8 Å². The lowest BCUT2D eigenvalue weighted by Crippen LogP contribution is -2.31. The van der Waals surface area contributed by atoms with Crippen molar-refractivity contribution in [2.24, 2.45) is 0 Å². The average Bonchev–Trinajstić information content (AvgIpc) is 2.73. The Hall–Kier alpha value is -2.19. The standard InChI is InChI=1S/C22H26BrNO5S/c1-14-9-20(15(2)8-17(14)23)30-13-22(26)29-12-21(25)24(3)11-16-6-7-18(27-4)19(10-16)28-5/h6-10H,11-13H2,1-5H3. The zero-order chi connectivity index (χ0) is 22.3. The molecule has 0 aromatic heterocycles. The van der Waals surface area contributed by atoms with Crippen molar-refractivity contribution in [3.05, 3.63) is 51.5 Å². The smallest absolute Gasteiger partial charge is 0.316 e. The summed E-state index contributed by atoms with van der Waals surface area (Å²) in [6.45, 7) is 4.06. The fraction of sp³-hybridized carbons (Fsp3) is 0.364. The summed E-state index contributed by atoms with van der Waals surface area (Å²) >= 11 is 4.90. The number of halogens is 1. The molecule has 8 heteroatoms. The molecule has 0 unspecified atom stereocenters. The van der Waals surface area contributed by atoms with Crippen LogP contribution in [-0.4, -0.2) is 50.4 Å². The molecule has 1 amide bonds. The minimum Gasteiger partial charge on any atom is -0.493 e. The molecule has 6 nitrogen and oxygen atoms in total. The topological polar surface area (TPSA) is 65.1 Å². The maximum atomic E-state index is 12.3. The van der Waals surface area contributed by atoms with Crippen LogP contribution in [0.5, 0.6) is 11.5 Å². The van der Waals surface area contributed by atoms with Gasteiger partial charge in [-0.25, -0.2) is 0 Å². The number of likely N-dealkylation sites (N-methyl/N-ethyl adjacent to an activating group) is 1. The quantitative estimate of drug-likeness (QED) is 0.380. The second-order valence-electron chi connectivity index (χ2n) is 6.76. The van der Waals surface area contributed by atoms with E-state index in [0.717, 1.165) is 26.1 Å². The molecule has 0 saturated carbocycles. The molecule has 162 valence electrons. The van der Waals surface area contributed by atoms with Gasteiger partial charge >= 0.3 is 5.97 Å². The van der Waals surface area contributed by atoms with Crippen LogP contribution >= 0.6 is 27.7 Å². The van der Waals surface area contributed by atoms with Gasteiger partial charge in [-0.05, 0) is 54.8 Å². The van der Waals surface area contributed by atoms with Crippen LogP contribution < -0.4 is 9.47 Å². The van der Waals surface area contributed by atoms with Crippen LogP contribution in [0.3, 0.4) is 0 Å². The predicted molar refractivity (Wildman–Crippen MR) is 121 cm³/mol. The summed E-state index contributed by atoms with van der Waals surface area (Å²) in [7, 11) is 4.79. The lowest BCUT2D eigenvalue weighted by molar-refractivity contribution is -0.149. The maximum Gasteiger partial charge on any atom is 0.316 e. The number of thioether (sulfide) groups is 1. The number of ether oxygens (including phenoxy) is 3. The number of carbonyl (C=O) groups excluding carboxylic acids is 2. The van der Waals surface area contributed by atoms with Crippen molar-refractivity contribution < 1.29 is 23.8 Å². The summed E-state index contributed by atoms with van der Waals surface area (Å²) in [5, 5.41) is 0. The van der Waals surface area contributed by atoms with Gasteiger partial charge in [0.25, 0.3) is 5.91 Å². The van der Waals surface area contributed by atoms with E-state index in [1.54, 1.807) is 27.3 Å². The first kappa shape index (κ1) is 24.1. The maximum absolute atomic E-state index is 12.3. The molecule has 30 heavy (non-hydrogen) atoms. The number of esters is 1. The molecule has 0 atom stereocenters. The van der Waals surface area contributed by atoms with E-state index in [1.165, 1.54) is 16.7 Å². The summed E-state index contributed by atoms with van der Waals surface area (Å²) in [6.07, 6.45) is 0. The third kappa shape index (κ3) is 6.67. The summed E-state index contributed by atoms with van der Waals surface area (Å²) in [6, 6.07) is 9.51. The molecule has 0 heterocycles. The minimum atomic E-state index is -0.423. The Bertz CT molecular complexity index is 919. The van der Waals surface area contributed by atoms with Gasteiger partial charge in [0.1, 0.15) is 0 Å². The second-order valence-corrected chi connectivity index (χ2v) is 8.63. The second kappa shape index (κ2) is 11.3. The Balaban J connectivity index is 1.83. The van der Waals surface area contributed by atoms with Crippen LogP contribution in [0.2, 0.25) is 0 Å². The van der Waals surface area contributed by atoms with Crippen molar-refractivity contribution in [1.82, 2.24) is 4.90 Å². The largest absolute Gasteiger partial charge is 0.493 e. The van der Waals surface area contributed by atoms with E-state index in [-0.39, 0.29) is 18.3 Å².